The van der Waals surface area contributed by atoms with Crippen LogP contribution in [-0.2, 0) is 14.4 Å². The number of rotatable bonds is 2. The van der Waals surface area contributed by atoms with Gasteiger partial charge in [-0.1, -0.05) is 34.4 Å². The van der Waals surface area contributed by atoms with E-state index in [1.54, 1.807) is 18.2 Å². The second-order valence-corrected chi connectivity index (χ2v) is 6.96. The van der Waals surface area contributed by atoms with Crippen LogP contribution in [0.5, 0.6) is 0 Å². The lowest BCUT2D eigenvalue weighted by atomic mass is 9.92. The average molecular weight is 393 g/mol. The summed E-state index contributed by atoms with van der Waals surface area (Å²) < 4.78 is 13.1. The zero-order valence-electron chi connectivity index (χ0n) is 13.2. The third kappa shape index (κ3) is 2.66. The minimum Gasteiger partial charge on any atom is -0.378 e. The molecule has 1 spiro atoms. The largest absolute Gasteiger partial charge is 0.378 e. The molecule has 2 aliphatic heterocycles. The Hall–Kier alpha value is -2.44. The zero-order valence-corrected chi connectivity index (χ0v) is 14.7. The van der Waals surface area contributed by atoms with E-state index in [9.17, 15) is 14.0 Å². The van der Waals surface area contributed by atoms with Crippen LogP contribution >= 0.6 is 23.2 Å². The number of oxime groups is 1. The number of hydrogen-bond donors (Lipinski definition) is 0. The van der Waals surface area contributed by atoms with Gasteiger partial charge >= 0.3 is 0 Å². The Morgan fingerprint density at radius 1 is 1.08 bits per heavy atom. The Balaban J connectivity index is 1.62. The summed E-state index contributed by atoms with van der Waals surface area (Å²) in [7, 11) is 0. The Bertz CT molecular complexity index is 961. The molecule has 2 aliphatic rings. The van der Waals surface area contributed by atoms with Crippen LogP contribution in [-0.4, -0.2) is 23.1 Å². The molecule has 0 bridgehead atoms. The topological polar surface area (TPSA) is 59.0 Å². The first-order valence-electron chi connectivity index (χ1n) is 7.73. The van der Waals surface area contributed by atoms with Crippen LogP contribution in [0, 0.1) is 5.82 Å². The van der Waals surface area contributed by atoms with E-state index in [2.05, 4.69) is 5.16 Å². The molecule has 1 unspecified atom stereocenters. The van der Waals surface area contributed by atoms with Crippen LogP contribution in [0.3, 0.4) is 0 Å². The Morgan fingerprint density at radius 2 is 1.81 bits per heavy atom. The monoisotopic (exact) mass is 392 g/mol. The Morgan fingerprint density at radius 3 is 2.50 bits per heavy atom. The first kappa shape index (κ1) is 17.0. The number of amides is 2. The molecule has 132 valence electrons. The highest BCUT2D eigenvalue weighted by Crippen LogP contribution is 2.40. The van der Waals surface area contributed by atoms with Crippen LogP contribution in [0.15, 0.2) is 47.6 Å². The molecular weight excluding hydrogens is 382 g/mol. The molecule has 1 saturated heterocycles. The maximum absolute atomic E-state index is 13.1. The van der Waals surface area contributed by atoms with Crippen molar-refractivity contribution >= 4 is 46.4 Å². The van der Waals surface area contributed by atoms with Crippen LogP contribution < -0.4 is 4.90 Å². The molecule has 0 N–H and O–H groups in total. The molecule has 2 aromatic rings. The summed E-state index contributed by atoms with van der Waals surface area (Å²) in [6.45, 7) is 0. The zero-order chi connectivity index (χ0) is 18.5. The maximum Gasteiger partial charge on any atom is 0.281 e. The quantitative estimate of drug-likeness (QED) is 0.726. The summed E-state index contributed by atoms with van der Waals surface area (Å²) >= 11 is 12.1. The van der Waals surface area contributed by atoms with Crippen molar-refractivity contribution in [3.8, 4) is 0 Å². The van der Waals surface area contributed by atoms with Crippen LogP contribution in [0.25, 0.3) is 0 Å². The van der Waals surface area contributed by atoms with E-state index in [1.165, 1.54) is 24.3 Å². The molecule has 2 heterocycles. The minimum absolute atomic E-state index is 0.108. The van der Waals surface area contributed by atoms with E-state index >= 15 is 0 Å². The SMILES string of the molecule is O=C1CC2(CC(c3ccc(Cl)cc3Cl)=NO2)C(=O)N1c1ccc(F)cc1. The van der Waals surface area contributed by atoms with Gasteiger partial charge in [0, 0.05) is 17.0 Å². The molecule has 2 aromatic carbocycles. The predicted molar refractivity (Wildman–Crippen MR) is 94.9 cm³/mol. The molecule has 4 rings (SSSR count). The average Bonchev–Trinajstić information content (AvgIpc) is 3.11. The van der Waals surface area contributed by atoms with Crippen LogP contribution in [0.4, 0.5) is 10.1 Å². The molecule has 0 aliphatic carbocycles. The van der Waals surface area contributed by atoms with Crippen molar-refractivity contribution in [1.29, 1.82) is 0 Å². The number of halogens is 3. The standard InChI is InChI=1S/C18H11Cl2FN2O3/c19-10-1-6-13(14(20)7-10)15-8-18(26-22-15)9-16(24)23(17(18)25)12-4-2-11(21)3-5-12/h1-7H,8-9H2. The molecule has 1 atom stereocenters. The molecular formula is C18H11Cl2FN2O3. The van der Waals surface area contributed by atoms with E-state index in [1.807, 2.05) is 0 Å². The van der Waals surface area contributed by atoms with Gasteiger partial charge in [0.2, 0.25) is 11.5 Å². The summed E-state index contributed by atoms with van der Waals surface area (Å²) in [5.41, 5.74) is -0.0499. The first-order chi connectivity index (χ1) is 12.4. The summed E-state index contributed by atoms with van der Waals surface area (Å²) in [4.78, 5) is 31.7. The Kier molecular flexibility index (Phi) is 3.97. The van der Waals surface area contributed by atoms with Gasteiger partial charge in [0.05, 0.1) is 22.8 Å². The fourth-order valence-electron chi connectivity index (χ4n) is 3.12. The van der Waals surface area contributed by atoms with Gasteiger partial charge in [0.25, 0.3) is 5.91 Å². The maximum atomic E-state index is 13.1. The molecule has 5 nitrogen and oxygen atoms in total. The van der Waals surface area contributed by atoms with Crippen molar-refractivity contribution in [3.63, 3.8) is 0 Å². The number of hydrogen-bond acceptors (Lipinski definition) is 4. The highest BCUT2D eigenvalue weighted by atomic mass is 35.5. The summed E-state index contributed by atoms with van der Waals surface area (Å²) in [6, 6.07) is 10.0. The van der Waals surface area contributed by atoms with Crippen molar-refractivity contribution in [1.82, 2.24) is 0 Å². The van der Waals surface area contributed by atoms with Gasteiger partial charge in [-0.05, 0) is 36.4 Å². The lowest BCUT2D eigenvalue weighted by molar-refractivity contribution is -0.136. The summed E-state index contributed by atoms with van der Waals surface area (Å²) in [5, 5.41) is 4.84. The van der Waals surface area contributed by atoms with Gasteiger partial charge in [0.1, 0.15) is 5.82 Å². The summed E-state index contributed by atoms with van der Waals surface area (Å²) in [5.74, 6) is -1.42. The second kappa shape index (κ2) is 6.07. The van der Waals surface area contributed by atoms with Gasteiger partial charge in [-0.25, -0.2) is 9.29 Å². The number of anilines is 1. The van der Waals surface area contributed by atoms with Gasteiger partial charge < -0.3 is 4.84 Å². The molecule has 0 radical (unpaired) electrons. The minimum atomic E-state index is -1.40. The second-order valence-electron chi connectivity index (χ2n) is 6.11. The molecule has 1 fully saturated rings. The normalized spacial score (nSPS) is 22.1. The predicted octanol–water partition coefficient (Wildman–Crippen LogP) is 3.96. The number of benzene rings is 2. The fourth-order valence-corrected chi connectivity index (χ4v) is 3.64. The number of carbonyl (C=O) groups excluding carboxylic acids is 2. The van der Waals surface area contributed by atoms with Gasteiger partial charge in [-0.2, -0.15) is 0 Å². The number of nitrogens with zero attached hydrogens (tertiary/aromatic N) is 2. The lowest BCUT2D eigenvalue weighted by Gasteiger charge is -2.19. The van der Waals surface area contributed by atoms with Crippen molar-refractivity contribution in [2.75, 3.05) is 4.90 Å². The Labute approximate surface area is 157 Å². The fraction of sp³-hybridized carbons (Fsp3) is 0.167. The van der Waals surface area contributed by atoms with Gasteiger partial charge in [0.15, 0.2) is 0 Å². The van der Waals surface area contributed by atoms with Crippen LogP contribution in [0.1, 0.15) is 18.4 Å². The van der Waals surface area contributed by atoms with Gasteiger partial charge in [-0.3, -0.25) is 9.59 Å². The molecule has 2 amide bonds. The van der Waals surface area contributed by atoms with Crippen molar-refractivity contribution in [3.05, 3.63) is 63.9 Å². The van der Waals surface area contributed by atoms with Crippen LogP contribution in [0.2, 0.25) is 10.0 Å². The van der Waals surface area contributed by atoms with Gasteiger partial charge in [-0.15, -0.1) is 0 Å². The molecule has 0 aromatic heterocycles. The third-order valence-corrected chi connectivity index (χ3v) is 4.94. The molecule has 26 heavy (non-hydrogen) atoms. The number of imide groups is 1. The van der Waals surface area contributed by atoms with E-state index in [0.29, 0.717) is 27.0 Å². The highest BCUT2D eigenvalue weighted by molar-refractivity contribution is 6.37. The van der Waals surface area contributed by atoms with Crippen molar-refractivity contribution < 1.29 is 18.8 Å². The third-order valence-electron chi connectivity index (χ3n) is 4.39. The van der Waals surface area contributed by atoms with E-state index in [0.717, 1.165) is 4.90 Å². The first-order valence-corrected chi connectivity index (χ1v) is 8.49. The van der Waals surface area contributed by atoms with E-state index in [-0.39, 0.29) is 12.8 Å². The van der Waals surface area contributed by atoms with Crippen molar-refractivity contribution in [2.45, 2.75) is 18.4 Å². The molecule has 0 saturated carbocycles. The van der Waals surface area contributed by atoms with E-state index in [4.69, 9.17) is 28.0 Å². The smallest absolute Gasteiger partial charge is 0.281 e. The number of carbonyl (C=O) groups is 2. The summed E-state index contributed by atoms with van der Waals surface area (Å²) in [6.07, 6.45) is -0.0436. The van der Waals surface area contributed by atoms with Crippen molar-refractivity contribution in [2.24, 2.45) is 5.16 Å². The lowest BCUT2D eigenvalue weighted by Crippen LogP contribution is -2.40. The van der Waals surface area contributed by atoms with E-state index < -0.39 is 23.2 Å². The molecule has 8 heteroatoms. The highest BCUT2D eigenvalue weighted by Gasteiger charge is 2.58.